The maximum Gasteiger partial charge on any atom is 0.262 e. The minimum Gasteiger partial charge on any atom is -0.497 e. The molecule has 0 saturated heterocycles. The van der Waals surface area contributed by atoms with Crippen molar-refractivity contribution >= 4 is 17.5 Å². The summed E-state index contributed by atoms with van der Waals surface area (Å²) in [6.07, 6.45) is 0.338. The molecule has 3 aromatic carbocycles. The Morgan fingerprint density at radius 3 is 2.42 bits per heavy atom. The summed E-state index contributed by atoms with van der Waals surface area (Å²) >= 11 is 0. The molecule has 0 bridgehead atoms. The van der Waals surface area contributed by atoms with Gasteiger partial charge in [0.15, 0.2) is 0 Å². The van der Waals surface area contributed by atoms with Crippen LogP contribution in [0.3, 0.4) is 0 Å². The highest BCUT2D eigenvalue weighted by Crippen LogP contribution is 2.36. The number of hydrogen-bond donors (Lipinski definition) is 0. The van der Waals surface area contributed by atoms with Gasteiger partial charge < -0.3 is 14.4 Å². The predicted octanol–water partition coefficient (Wildman–Crippen LogP) is 4.43. The largest absolute Gasteiger partial charge is 0.497 e. The zero-order valence-electron chi connectivity index (χ0n) is 20.1. The van der Waals surface area contributed by atoms with E-state index < -0.39 is 29.5 Å². The summed E-state index contributed by atoms with van der Waals surface area (Å²) in [4.78, 5) is 27.3. The van der Waals surface area contributed by atoms with Crippen LogP contribution in [0.4, 0.5) is 8.78 Å². The predicted molar refractivity (Wildman–Crippen MR) is 130 cm³/mol. The molecule has 4 rings (SSSR count). The van der Waals surface area contributed by atoms with Crippen molar-refractivity contribution in [3.63, 3.8) is 0 Å². The van der Waals surface area contributed by atoms with Crippen LogP contribution >= 0.6 is 0 Å². The minimum atomic E-state index is -0.668. The van der Waals surface area contributed by atoms with Gasteiger partial charge in [-0.25, -0.2) is 13.8 Å². The lowest BCUT2D eigenvalue weighted by Crippen LogP contribution is -2.39. The molecule has 1 heterocycles. The second kappa shape index (κ2) is 10.6. The van der Waals surface area contributed by atoms with Crippen LogP contribution < -0.4 is 9.47 Å². The second-order valence-corrected chi connectivity index (χ2v) is 8.26. The molecule has 7 nitrogen and oxygen atoms in total. The first-order chi connectivity index (χ1) is 17.3. The SMILES string of the molecule is COc1ccc(C2=NN(C(=O)CN(C)C(=O)c3ccccc3F)[C@H](c3ccc(F)cc3)C2)c(OC)c1. The number of amides is 2. The van der Waals surface area contributed by atoms with Crippen molar-refractivity contribution in [3.8, 4) is 11.5 Å². The number of methoxy groups -OCH3 is 2. The Labute approximate surface area is 207 Å². The number of halogens is 2. The fourth-order valence-electron chi connectivity index (χ4n) is 4.07. The second-order valence-electron chi connectivity index (χ2n) is 8.26. The Morgan fingerprint density at radius 2 is 1.75 bits per heavy atom. The van der Waals surface area contributed by atoms with Crippen molar-refractivity contribution in [1.29, 1.82) is 0 Å². The quantitative estimate of drug-likeness (QED) is 0.488. The van der Waals surface area contributed by atoms with Gasteiger partial charge in [0.2, 0.25) is 0 Å². The van der Waals surface area contributed by atoms with Gasteiger partial charge in [-0.05, 0) is 42.0 Å². The van der Waals surface area contributed by atoms with Gasteiger partial charge in [-0.3, -0.25) is 9.59 Å². The first-order valence-corrected chi connectivity index (χ1v) is 11.2. The van der Waals surface area contributed by atoms with Gasteiger partial charge >= 0.3 is 0 Å². The fraction of sp³-hybridized carbons (Fsp3) is 0.222. The van der Waals surface area contributed by atoms with Crippen molar-refractivity contribution in [2.75, 3.05) is 27.8 Å². The van der Waals surface area contributed by atoms with Crippen molar-refractivity contribution in [3.05, 3.63) is 95.1 Å². The monoisotopic (exact) mass is 493 g/mol. The molecule has 3 aromatic rings. The van der Waals surface area contributed by atoms with Crippen LogP contribution in [0.2, 0.25) is 0 Å². The first-order valence-electron chi connectivity index (χ1n) is 11.2. The minimum absolute atomic E-state index is 0.128. The van der Waals surface area contributed by atoms with E-state index in [9.17, 15) is 18.4 Å². The molecule has 36 heavy (non-hydrogen) atoms. The van der Waals surface area contributed by atoms with Gasteiger partial charge in [0.1, 0.15) is 29.7 Å². The number of benzene rings is 3. The van der Waals surface area contributed by atoms with Crippen LogP contribution in [-0.4, -0.2) is 55.2 Å². The van der Waals surface area contributed by atoms with E-state index in [-0.39, 0.29) is 12.1 Å². The van der Waals surface area contributed by atoms with Crippen LogP contribution in [0.1, 0.15) is 33.9 Å². The van der Waals surface area contributed by atoms with Gasteiger partial charge in [0, 0.05) is 25.1 Å². The van der Waals surface area contributed by atoms with E-state index in [1.807, 2.05) is 0 Å². The molecule has 2 amide bonds. The molecule has 0 radical (unpaired) electrons. The smallest absolute Gasteiger partial charge is 0.262 e. The number of hydrazone groups is 1. The normalized spacial score (nSPS) is 14.9. The number of hydrogen-bond acceptors (Lipinski definition) is 5. The molecule has 0 spiro atoms. The molecule has 0 saturated carbocycles. The van der Waals surface area contributed by atoms with Gasteiger partial charge in [-0.2, -0.15) is 5.10 Å². The van der Waals surface area contributed by atoms with Crippen LogP contribution in [0.25, 0.3) is 0 Å². The number of rotatable bonds is 7. The average Bonchev–Trinajstić information content (AvgIpc) is 3.34. The van der Waals surface area contributed by atoms with E-state index in [1.54, 1.807) is 43.5 Å². The summed E-state index contributed by atoms with van der Waals surface area (Å²) in [6, 6.07) is 16.2. The van der Waals surface area contributed by atoms with Crippen LogP contribution in [0.15, 0.2) is 71.8 Å². The zero-order chi connectivity index (χ0) is 25.8. The van der Waals surface area contributed by atoms with Crippen molar-refractivity contribution < 1.29 is 27.8 Å². The molecule has 1 atom stereocenters. The van der Waals surface area contributed by atoms with Crippen molar-refractivity contribution in [1.82, 2.24) is 9.91 Å². The maximum absolute atomic E-state index is 14.1. The van der Waals surface area contributed by atoms with Crippen molar-refractivity contribution in [2.24, 2.45) is 5.10 Å². The van der Waals surface area contributed by atoms with E-state index in [0.717, 1.165) is 4.90 Å². The van der Waals surface area contributed by atoms with Crippen LogP contribution in [-0.2, 0) is 4.79 Å². The van der Waals surface area contributed by atoms with E-state index in [0.29, 0.717) is 34.8 Å². The average molecular weight is 494 g/mol. The molecule has 9 heteroatoms. The molecule has 0 aromatic heterocycles. The summed E-state index contributed by atoms with van der Waals surface area (Å²) in [6.45, 7) is -0.332. The van der Waals surface area contributed by atoms with Crippen molar-refractivity contribution in [2.45, 2.75) is 12.5 Å². The highest BCUT2D eigenvalue weighted by atomic mass is 19.1. The Balaban J connectivity index is 1.64. The highest BCUT2D eigenvalue weighted by Gasteiger charge is 2.35. The molecule has 0 N–H and O–H groups in total. The highest BCUT2D eigenvalue weighted by molar-refractivity contribution is 6.05. The van der Waals surface area contributed by atoms with Gasteiger partial charge in [-0.1, -0.05) is 24.3 Å². The Hall–Kier alpha value is -4.27. The molecule has 1 aliphatic heterocycles. The molecular weight excluding hydrogens is 468 g/mol. The summed E-state index contributed by atoms with van der Waals surface area (Å²) < 4.78 is 38.5. The van der Waals surface area contributed by atoms with E-state index in [4.69, 9.17) is 9.47 Å². The Morgan fingerprint density at radius 1 is 1.03 bits per heavy atom. The Bertz CT molecular complexity index is 1310. The summed E-state index contributed by atoms with van der Waals surface area (Å²) in [5.41, 5.74) is 1.81. The van der Waals surface area contributed by atoms with Crippen LogP contribution in [0, 0.1) is 11.6 Å². The molecule has 0 fully saturated rings. The van der Waals surface area contributed by atoms with Gasteiger partial charge in [0.05, 0.1) is 31.5 Å². The molecule has 186 valence electrons. The number of carbonyl (C=O) groups is 2. The number of likely N-dealkylation sites (N-methyl/N-ethyl adjacent to an activating group) is 1. The lowest BCUT2D eigenvalue weighted by atomic mass is 9.97. The summed E-state index contributed by atoms with van der Waals surface area (Å²) in [5, 5.41) is 5.87. The molecule has 0 aliphatic carbocycles. The maximum atomic E-state index is 14.1. The Kier molecular flexibility index (Phi) is 7.28. The summed E-state index contributed by atoms with van der Waals surface area (Å²) in [5.74, 6) is -1.04. The standard InChI is InChI=1S/C27H25F2N3O4/c1-31(27(34)20-6-4-5-7-22(20)29)16-26(33)32-24(17-8-10-18(28)11-9-17)15-23(30-32)21-13-12-19(35-2)14-25(21)36-3/h4-14,24H,15-16H2,1-3H3/t24-/m0/s1. The van der Waals surface area contributed by atoms with Gasteiger partial charge in [0.25, 0.3) is 11.8 Å². The lowest BCUT2D eigenvalue weighted by molar-refractivity contribution is -0.133. The number of carbonyl (C=O) groups excluding carboxylic acids is 2. The molecule has 0 unspecified atom stereocenters. The lowest BCUT2D eigenvalue weighted by Gasteiger charge is -2.25. The third-order valence-corrected chi connectivity index (χ3v) is 5.96. The number of nitrogens with zero attached hydrogens (tertiary/aromatic N) is 3. The molecular formula is C27H25F2N3O4. The van der Waals surface area contributed by atoms with E-state index in [2.05, 4.69) is 5.10 Å². The third-order valence-electron chi connectivity index (χ3n) is 5.96. The summed E-state index contributed by atoms with van der Waals surface area (Å²) in [7, 11) is 4.50. The van der Waals surface area contributed by atoms with E-state index in [1.165, 1.54) is 49.5 Å². The number of ether oxygens (including phenoxy) is 2. The van der Waals surface area contributed by atoms with Gasteiger partial charge in [-0.15, -0.1) is 0 Å². The molecule has 1 aliphatic rings. The van der Waals surface area contributed by atoms with E-state index >= 15 is 0 Å². The zero-order valence-corrected chi connectivity index (χ0v) is 20.1. The topological polar surface area (TPSA) is 71.4 Å². The third kappa shape index (κ3) is 5.05. The fourth-order valence-corrected chi connectivity index (χ4v) is 4.07. The van der Waals surface area contributed by atoms with Crippen LogP contribution in [0.5, 0.6) is 11.5 Å². The first kappa shape index (κ1) is 24.8.